The Morgan fingerprint density at radius 3 is 2.29 bits per heavy atom. The van der Waals surface area contributed by atoms with Crippen molar-refractivity contribution < 1.29 is 29.3 Å². The first kappa shape index (κ1) is 17.3. The van der Waals surface area contributed by atoms with Crippen molar-refractivity contribution in [1.82, 2.24) is 0 Å². The number of aromatic hydroxyl groups is 1. The third kappa shape index (κ3) is 4.25. The van der Waals surface area contributed by atoms with E-state index >= 15 is 0 Å². The van der Waals surface area contributed by atoms with Gasteiger partial charge in [-0.05, 0) is 42.2 Å². The van der Waals surface area contributed by atoms with Gasteiger partial charge in [-0.3, -0.25) is 4.79 Å². The van der Waals surface area contributed by atoms with Gasteiger partial charge in [-0.25, -0.2) is 4.79 Å². The number of carboxylic acid groups (broad SMARTS) is 1. The van der Waals surface area contributed by atoms with Crippen LogP contribution in [0, 0.1) is 0 Å². The van der Waals surface area contributed by atoms with Gasteiger partial charge in [0.15, 0.2) is 0 Å². The Labute approximate surface area is 139 Å². The van der Waals surface area contributed by atoms with Crippen LogP contribution < -0.4 is 9.47 Å². The molecule has 2 aromatic carbocycles. The standard InChI is InChI=1S/C18H18O6/c1-11(19)24-16-10-15(23-2)9-13(17(16)18(21)22)6-3-12-4-7-14(20)8-5-12/h4-5,7-10,20H,3,6H2,1-2H3,(H,21,22). The summed E-state index contributed by atoms with van der Waals surface area (Å²) in [6.07, 6.45) is 0.977. The summed E-state index contributed by atoms with van der Waals surface area (Å²) in [7, 11) is 1.46. The minimum absolute atomic E-state index is 0.0324. The number of aryl methyl sites for hydroxylation is 2. The first-order valence-electron chi connectivity index (χ1n) is 7.31. The number of aromatic carboxylic acids is 1. The molecular formula is C18H18O6. The Balaban J connectivity index is 2.36. The van der Waals surface area contributed by atoms with Gasteiger partial charge in [-0.15, -0.1) is 0 Å². The number of carboxylic acids is 1. The molecule has 0 aliphatic heterocycles. The summed E-state index contributed by atoms with van der Waals surface area (Å²) in [5.41, 5.74) is 1.40. The molecule has 0 saturated carbocycles. The van der Waals surface area contributed by atoms with Crippen molar-refractivity contribution >= 4 is 11.9 Å². The third-order valence-electron chi connectivity index (χ3n) is 3.48. The number of rotatable bonds is 6. The van der Waals surface area contributed by atoms with Crippen LogP contribution in [0.3, 0.4) is 0 Å². The molecule has 0 bridgehead atoms. The molecular weight excluding hydrogens is 312 g/mol. The molecule has 6 nitrogen and oxygen atoms in total. The molecule has 126 valence electrons. The molecule has 0 heterocycles. The van der Waals surface area contributed by atoms with Crippen molar-refractivity contribution in [1.29, 1.82) is 0 Å². The molecule has 24 heavy (non-hydrogen) atoms. The maximum absolute atomic E-state index is 11.6. The minimum atomic E-state index is -1.17. The molecule has 0 unspecified atom stereocenters. The summed E-state index contributed by atoms with van der Waals surface area (Å²) < 4.78 is 10.2. The second kappa shape index (κ2) is 7.50. The first-order chi connectivity index (χ1) is 11.4. The topological polar surface area (TPSA) is 93.1 Å². The van der Waals surface area contributed by atoms with E-state index in [4.69, 9.17) is 9.47 Å². The van der Waals surface area contributed by atoms with E-state index in [-0.39, 0.29) is 17.1 Å². The zero-order valence-corrected chi connectivity index (χ0v) is 13.4. The van der Waals surface area contributed by atoms with Crippen molar-refractivity contribution in [3.63, 3.8) is 0 Å². The number of carbonyl (C=O) groups excluding carboxylic acids is 1. The molecule has 0 fully saturated rings. The van der Waals surface area contributed by atoms with Crippen LogP contribution in [0.4, 0.5) is 0 Å². The molecule has 6 heteroatoms. The molecule has 2 aromatic rings. The molecule has 0 aromatic heterocycles. The van der Waals surface area contributed by atoms with Gasteiger partial charge in [-0.2, -0.15) is 0 Å². The number of ether oxygens (including phenoxy) is 2. The van der Waals surface area contributed by atoms with Crippen molar-refractivity contribution in [3.05, 3.63) is 53.1 Å². The van der Waals surface area contributed by atoms with Crippen molar-refractivity contribution in [3.8, 4) is 17.2 Å². The lowest BCUT2D eigenvalue weighted by Gasteiger charge is -2.13. The summed E-state index contributed by atoms with van der Waals surface area (Å²) in [6.45, 7) is 1.21. The lowest BCUT2D eigenvalue weighted by atomic mass is 9.98. The number of phenols is 1. The average Bonchev–Trinajstić information content (AvgIpc) is 2.52. The lowest BCUT2D eigenvalue weighted by Crippen LogP contribution is -2.11. The van der Waals surface area contributed by atoms with Gasteiger partial charge in [-0.1, -0.05) is 12.1 Å². The molecule has 0 aliphatic carbocycles. The van der Waals surface area contributed by atoms with Crippen molar-refractivity contribution in [2.24, 2.45) is 0 Å². The molecule has 0 radical (unpaired) electrons. The number of carbonyl (C=O) groups is 2. The number of benzene rings is 2. The van der Waals surface area contributed by atoms with Gasteiger partial charge in [0.2, 0.25) is 0 Å². The van der Waals surface area contributed by atoms with E-state index in [1.54, 1.807) is 30.3 Å². The average molecular weight is 330 g/mol. The van der Waals surface area contributed by atoms with Gasteiger partial charge >= 0.3 is 11.9 Å². The zero-order chi connectivity index (χ0) is 17.7. The number of esters is 1. The summed E-state index contributed by atoms with van der Waals surface area (Å²) in [5, 5.41) is 18.8. The van der Waals surface area contributed by atoms with Crippen molar-refractivity contribution in [2.75, 3.05) is 7.11 Å². The highest BCUT2D eigenvalue weighted by Gasteiger charge is 2.20. The van der Waals surface area contributed by atoms with Crippen molar-refractivity contribution in [2.45, 2.75) is 19.8 Å². The van der Waals surface area contributed by atoms with Crippen LogP contribution >= 0.6 is 0 Å². The summed E-state index contributed by atoms with van der Waals surface area (Å²) >= 11 is 0. The van der Waals surface area contributed by atoms with Crippen LogP contribution in [0.15, 0.2) is 36.4 Å². The van der Waals surface area contributed by atoms with Crippen LogP contribution in [-0.2, 0) is 17.6 Å². The largest absolute Gasteiger partial charge is 0.508 e. The van der Waals surface area contributed by atoms with Crippen LogP contribution in [0.5, 0.6) is 17.2 Å². The smallest absolute Gasteiger partial charge is 0.339 e. The highest BCUT2D eigenvalue weighted by Crippen LogP contribution is 2.30. The van der Waals surface area contributed by atoms with E-state index in [9.17, 15) is 19.8 Å². The Hall–Kier alpha value is -3.02. The Kier molecular flexibility index (Phi) is 5.42. The quantitative estimate of drug-likeness (QED) is 0.625. The monoisotopic (exact) mass is 330 g/mol. The number of hydrogen-bond donors (Lipinski definition) is 2. The van der Waals surface area contributed by atoms with Gasteiger partial charge in [0, 0.05) is 13.0 Å². The zero-order valence-electron chi connectivity index (χ0n) is 13.4. The van der Waals surface area contributed by atoms with E-state index in [0.29, 0.717) is 24.2 Å². The predicted octanol–water partition coefficient (Wildman–Crippen LogP) is 2.81. The maximum atomic E-state index is 11.6. The van der Waals surface area contributed by atoms with Crippen LogP contribution in [-0.4, -0.2) is 29.3 Å². The van der Waals surface area contributed by atoms with Gasteiger partial charge in [0.1, 0.15) is 22.8 Å². The lowest BCUT2D eigenvalue weighted by molar-refractivity contribution is -0.131. The fraction of sp³-hybridized carbons (Fsp3) is 0.222. The highest BCUT2D eigenvalue weighted by atomic mass is 16.5. The Morgan fingerprint density at radius 1 is 1.08 bits per heavy atom. The van der Waals surface area contributed by atoms with E-state index < -0.39 is 11.9 Å². The Morgan fingerprint density at radius 2 is 1.75 bits per heavy atom. The maximum Gasteiger partial charge on any atom is 0.339 e. The molecule has 2 rings (SSSR count). The molecule has 2 N–H and O–H groups in total. The van der Waals surface area contributed by atoms with E-state index in [1.807, 2.05) is 0 Å². The number of hydrogen-bond acceptors (Lipinski definition) is 5. The van der Waals surface area contributed by atoms with E-state index in [2.05, 4.69) is 0 Å². The van der Waals surface area contributed by atoms with E-state index in [0.717, 1.165) is 5.56 Å². The molecule has 0 saturated heterocycles. The van der Waals surface area contributed by atoms with Gasteiger partial charge in [0.05, 0.1) is 7.11 Å². The molecule has 0 spiro atoms. The number of phenolic OH excluding ortho intramolecular Hbond substituents is 1. The third-order valence-corrected chi connectivity index (χ3v) is 3.48. The fourth-order valence-electron chi connectivity index (χ4n) is 2.38. The summed E-state index contributed by atoms with van der Waals surface area (Å²) in [4.78, 5) is 22.8. The first-order valence-corrected chi connectivity index (χ1v) is 7.31. The molecule has 0 atom stereocenters. The van der Waals surface area contributed by atoms with Gasteiger partial charge in [0.25, 0.3) is 0 Å². The van der Waals surface area contributed by atoms with Crippen LogP contribution in [0.2, 0.25) is 0 Å². The highest BCUT2D eigenvalue weighted by molar-refractivity contribution is 5.94. The second-order valence-electron chi connectivity index (χ2n) is 5.22. The SMILES string of the molecule is COc1cc(CCc2ccc(O)cc2)c(C(=O)O)c(OC(C)=O)c1. The molecule has 0 aliphatic rings. The number of methoxy groups -OCH3 is 1. The Bertz CT molecular complexity index is 749. The predicted molar refractivity (Wildman–Crippen MR) is 86.8 cm³/mol. The van der Waals surface area contributed by atoms with E-state index in [1.165, 1.54) is 20.1 Å². The molecule has 0 amide bonds. The fourth-order valence-corrected chi connectivity index (χ4v) is 2.38. The van der Waals surface area contributed by atoms with Gasteiger partial charge < -0.3 is 19.7 Å². The normalized spacial score (nSPS) is 10.2. The van der Waals surface area contributed by atoms with Crippen LogP contribution in [0.1, 0.15) is 28.4 Å². The second-order valence-corrected chi connectivity index (χ2v) is 5.22. The summed E-state index contributed by atoms with van der Waals surface area (Å²) in [5.74, 6) is -1.22. The minimum Gasteiger partial charge on any atom is -0.508 e. The van der Waals surface area contributed by atoms with Crippen LogP contribution in [0.25, 0.3) is 0 Å². The summed E-state index contributed by atoms with van der Waals surface area (Å²) in [6, 6.07) is 9.68.